The summed E-state index contributed by atoms with van der Waals surface area (Å²) in [5, 5.41) is 3.43. The van der Waals surface area contributed by atoms with Crippen molar-refractivity contribution in [3.8, 4) is 0 Å². The molecule has 0 spiro atoms. The van der Waals surface area contributed by atoms with Crippen LogP contribution in [0.25, 0.3) is 0 Å². The number of hydrogen-bond donors (Lipinski definition) is 1. The second-order valence-electron chi connectivity index (χ2n) is 3.74. The fourth-order valence-corrected chi connectivity index (χ4v) is 2.30. The molecule has 0 bridgehead atoms. The van der Waals surface area contributed by atoms with Crippen LogP contribution in [0.5, 0.6) is 0 Å². The summed E-state index contributed by atoms with van der Waals surface area (Å²) >= 11 is 0. The highest BCUT2D eigenvalue weighted by atomic mass is 16.1. The summed E-state index contributed by atoms with van der Waals surface area (Å²) in [6.07, 6.45) is 5.41. The largest absolute Gasteiger partial charge is 0.313 e. The summed E-state index contributed by atoms with van der Waals surface area (Å²) < 4.78 is 0. The molecule has 0 aromatic rings. The highest BCUT2D eigenvalue weighted by molar-refractivity contribution is 5.79. The maximum atomic E-state index is 11.1. The molecule has 2 aliphatic rings. The Labute approximate surface area is 67.4 Å². The third-order valence-electron chi connectivity index (χ3n) is 2.97. The second kappa shape index (κ2) is 2.94. The molecule has 2 fully saturated rings. The van der Waals surface area contributed by atoms with Gasteiger partial charge in [0.2, 0.25) is 0 Å². The molecule has 2 atom stereocenters. The van der Waals surface area contributed by atoms with Gasteiger partial charge in [0.1, 0.15) is 5.78 Å². The fraction of sp³-hybridized carbons (Fsp3) is 0.889. The first kappa shape index (κ1) is 7.29. The predicted octanol–water partition coefficient (Wildman–Crippen LogP) is 1.11. The Morgan fingerprint density at radius 3 is 3.18 bits per heavy atom. The fourth-order valence-electron chi connectivity index (χ4n) is 2.30. The monoisotopic (exact) mass is 153 g/mol. The predicted molar refractivity (Wildman–Crippen MR) is 43.4 cm³/mol. The standard InChI is InChI=1S/C9H15NO/c11-8-4-3-7-2-1-5-10-9(7)6-8/h7,9-10H,1-6H2. The quantitative estimate of drug-likeness (QED) is 0.564. The summed E-state index contributed by atoms with van der Waals surface area (Å²) in [5.41, 5.74) is 0. The maximum Gasteiger partial charge on any atom is 0.134 e. The van der Waals surface area contributed by atoms with Gasteiger partial charge in [0.25, 0.3) is 0 Å². The zero-order valence-electron chi connectivity index (χ0n) is 6.81. The van der Waals surface area contributed by atoms with Gasteiger partial charge in [-0.25, -0.2) is 0 Å². The first-order valence-electron chi connectivity index (χ1n) is 4.61. The first-order chi connectivity index (χ1) is 5.36. The number of nitrogens with one attached hydrogen (secondary N) is 1. The van der Waals surface area contributed by atoms with Crippen molar-refractivity contribution in [1.29, 1.82) is 0 Å². The molecule has 2 unspecified atom stereocenters. The molecule has 1 aliphatic carbocycles. The molecular weight excluding hydrogens is 138 g/mol. The SMILES string of the molecule is O=C1CCC2CCCNC2C1. The van der Waals surface area contributed by atoms with Crippen LogP contribution in [0.3, 0.4) is 0 Å². The molecule has 0 aromatic heterocycles. The zero-order chi connectivity index (χ0) is 7.68. The first-order valence-corrected chi connectivity index (χ1v) is 4.61. The minimum atomic E-state index is 0.459. The molecule has 1 saturated heterocycles. The lowest BCUT2D eigenvalue weighted by molar-refractivity contribution is -0.122. The highest BCUT2D eigenvalue weighted by Crippen LogP contribution is 2.28. The Morgan fingerprint density at radius 2 is 2.27 bits per heavy atom. The van der Waals surface area contributed by atoms with E-state index in [-0.39, 0.29) is 0 Å². The van der Waals surface area contributed by atoms with Crippen molar-refractivity contribution in [1.82, 2.24) is 5.32 Å². The van der Waals surface area contributed by atoms with Crippen LogP contribution in [0.15, 0.2) is 0 Å². The number of hydrogen-bond acceptors (Lipinski definition) is 2. The molecular formula is C9H15NO. The van der Waals surface area contributed by atoms with Crippen molar-refractivity contribution in [3.63, 3.8) is 0 Å². The van der Waals surface area contributed by atoms with Crippen LogP contribution < -0.4 is 5.32 Å². The van der Waals surface area contributed by atoms with E-state index in [0.717, 1.165) is 31.7 Å². The number of piperidine rings is 1. The average molecular weight is 153 g/mol. The number of fused-ring (bicyclic) bond motifs is 1. The zero-order valence-corrected chi connectivity index (χ0v) is 6.81. The Morgan fingerprint density at radius 1 is 1.36 bits per heavy atom. The smallest absolute Gasteiger partial charge is 0.134 e. The van der Waals surface area contributed by atoms with Gasteiger partial charge in [0.05, 0.1) is 0 Å². The summed E-state index contributed by atoms with van der Waals surface area (Å²) in [6, 6.07) is 0.532. The minimum absolute atomic E-state index is 0.459. The molecule has 2 nitrogen and oxygen atoms in total. The summed E-state index contributed by atoms with van der Waals surface area (Å²) in [5.74, 6) is 1.27. The lowest BCUT2D eigenvalue weighted by atomic mass is 9.79. The van der Waals surface area contributed by atoms with Crippen LogP contribution >= 0.6 is 0 Å². The van der Waals surface area contributed by atoms with E-state index in [0.29, 0.717) is 11.8 Å². The topological polar surface area (TPSA) is 29.1 Å². The molecule has 2 rings (SSSR count). The van der Waals surface area contributed by atoms with E-state index in [1.165, 1.54) is 12.8 Å². The second-order valence-corrected chi connectivity index (χ2v) is 3.74. The van der Waals surface area contributed by atoms with Gasteiger partial charge in [-0.1, -0.05) is 0 Å². The molecule has 2 heteroatoms. The molecule has 1 saturated carbocycles. The number of rotatable bonds is 0. The number of carbonyl (C=O) groups excluding carboxylic acids is 1. The number of Topliss-reactive ketones (excluding diaryl/α,β-unsaturated/α-hetero) is 1. The van der Waals surface area contributed by atoms with Gasteiger partial charge in [-0.05, 0) is 31.7 Å². The number of ketones is 1. The Hall–Kier alpha value is -0.370. The molecule has 1 N–H and O–H groups in total. The van der Waals surface area contributed by atoms with Crippen LogP contribution in [0.2, 0.25) is 0 Å². The van der Waals surface area contributed by atoms with E-state index in [1.807, 2.05) is 0 Å². The Balaban J connectivity index is 1.98. The van der Waals surface area contributed by atoms with Gasteiger partial charge in [-0.15, -0.1) is 0 Å². The Bertz CT molecular complexity index is 167. The van der Waals surface area contributed by atoms with Crippen molar-refractivity contribution >= 4 is 5.78 Å². The van der Waals surface area contributed by atoms with Crippen molar-refractivity contribution < 1.29 is 4.79 Å². The normalized spacial score (nSPS) is 38.4. The summed E-state index contributed by atoms with van der Waals surface area (Å²) in [4.78, 5) is 11.1. The van der Waals surface area contributed by atoms with Gasteiger partial charge >= 0.3 is 0 Å². The molecule has 1 aliphatic heterocycles. The lowest BCUT2D eigenvalue weighted by Crippen LogP contribution is -2.45. The van der Waals surface area contributed by atoms with Crippen molar-refractivity contribution in [2.45, 2.75) is 38.1 Å². The maximum absolute atomic E-state index is 11.1. The third kappa shape index (κ3) is 1.45. The van der Waals surface area contributed by atoms with Crippen LogP contribution in [-0.2, 0) is 4.79 Å². The van der Waals surface area contributed by atoms with Crippen LogP contribution in [0.4, 0.5) is 0 Å². The minimum Gasteiger partial charge on any atom is -0.313 e. The van der Waals surface area contributed by atoms with Crippen molar-refractivity contribution in [2.24, 2.45) is 5.92 Å². The Kier molecular flexibility index (Phi) is 1.95. The van der Waals surface area contributed by atoms with E-state index >= 15 is 0 Å². The summed E-state index contributed by atoms with van der Waals surface area (Å²) in [6.45, 7) is 1.12. The van der Waals surface area contributed by atoms with Gasteiger partial charge < -0.3 is 5.32 Å². The van der Waals surface area contributed by atoms with E-state index in [4.69, 9.17) is 0 Å². The lowest BCUT2D eigenvalue weighted by Gasteiger charge is -2.35. The van der Waals surface area contributed by atoms with Crippen LogP contribution in [-0.4, -0.2) is 18.4 Å². The van der Waals surface area contributed by atoms with Crippen LogP contribution in [0.1, 0.15) is 32.1 Å². The van der Waals surface area contributed by atoms with Gasteiger partial charge in [-0.2, -0.15) is 0 Å². The molecule has 0 radical (unpaired) electrons. The molecule has 0 aromatic carbocycles. The molecule has 62 valence electrons. The molecule has 1 heterocycles. The number of carbonyl (C=O) groups is 1. The van der Waals surface area contributed by atoms with E-state index in [1.54, 1.807) is 0 Å². The highest BCUT2D eigenvalue weighted by Gasteiger charge is 2.30. The van der Waals surface area contributed by atoms with E-state index in [9.17, 15) is 4.79 Å². The van der Waals surface area contributed by atoms with Gasteiger partial charge in [0, 0.05) is 18.9 Å². The van der Waals surface area contributed by atoms with Gasteiger partial charge in [-0.3, -0.25) is 4.79 Å². The summed E-state index contributed by atoms with van der Waals surface area (Å²) in [7, 11) is 0. The van der Waals surface area contributed by atoms with Crippen molar-refractivity contribution in [3.05, 3.63) is 0 Å². The van der Waals surface area contributed by atoms with Crippen LogP contribution in [0, 0.1) is 5.92 Å². The third-order valence-corrected chi connectivity index (χ3v) is 2.97. The van der Waals surface area contributed by atoms with Gasteiger partial charge in [0.15, 0.2) is 0 Å². The van der Waals surface area contributed by atoms with E-state index in [2.05, 4.69) is 5.32 Å². The van der Waals surface area contributed by atoms with Crippen molar-refractivity contribution in [2.75, 3.05) is 6.54 Å². The molecule has 11 heavy (non-hydrogen) atoms. The average Bonchev–Trinajstić information content (AvgIpc) is 2.04. The molecule has 0 amide bonds. The van der Waals surface area contributed by atoms with E-state index < -0.39 is 0 Å².